The van der Waals surface area contributed by atoms with Crippen molar-refractivity contribution in [2.75, 3.05) is 0 Å². The molecule has 0 bridgehead atoms. The Morgan fingerprint density at radius 3 is 1.98 bits per heavy atom. The first-order chi connectivity index (χ1) is 31.6. The van der Waals surface area contributed by atoms with E-state index in [0.29, 0.717) is 12.2 Å². The molecule has 0 radical (unpaired) electrons. The van der Waals surface area contributed by atoms with Crippen molar-refractivity contribution in [1.82, 2.24) is 14.5 Å². The van der Waals surface area contributed by atoms with Gasteiger partial charge in [-0.05, 0) is 76.0 Å². The number of rotatable bonds is 4. The molecule has 0 saturated carbocycles. The lowest BCUT2D eigenvalue weighted by Crippen LogP contribution is -2.03. The van der Waals surface area contributed by atoms with Crippen LogP contribution in [0, 0.1) is 0 Å². The molecule has 3 nitrogen and oxygen atoms in total. The standard InChI is InChI=1S/C59H37N3S2/c1-36-14-4-2-7-21-49-44(31-24-36)56(39-27-25-38(26-28-39)37-15-5-3-6-16-37)61-59(60-49)40-29-32-52-47(34-40)48-35-41(30-33-53(48)63-52)62-50-22-12-10-19-45(50)54-42-17-8-9-18-43(42)55-46-20-11-13-23-51(46)64-58(55)57(54)62/h2-20,22-35H,1,21H2/b7-2-,14-4-,31-24?. The third-order valence-corrected chi connectivity index (χ3v) is 15.1. The molecular formula is C59H37N3S2. The Labute approximate surface area is 377 Å². The number of aromatic nitrogens is 3. The van der Waals surface area contributed by atoms with Gasteiger partial charge in [-0.25, -0.2) is 9.97 Å². The summed E-state index contributed by atoms with van der Waals surface area (Å²) in [4.78, 5) is 10.8. The van der Waals surface area contributed by atoms with Gasteiger partial charge in [0.05, 0.1) is 27.1 Å². The Morgan fingerprint density at radius 2 is 1.14 bits per heavy atom. The van der Waals surface area contributed by atoms with E-state index in [1.165, 1.54) is 84.0 Å². The van der Waals surface area contributed by atoms with Crippen molar-refractivity contribution in [1.29, 1.82) is 0 Å². The second kappa shape index (κ2) is 14.7. The van der Waals surface area contributed by atoms with Crippen LogP contribution in [0.15, 0.2) is 206 Å². The van der Waals surface area contributed by atoms with Gasteiger partial charge in [0.25, 0.3) is 0 Å². The lowest BCUT2D eigenvalue weighted by Gasteiger charge is -2.14. The van der Waals surface area contributed by atoms with E-state index in [1.54, 1.807) is 0 Å². The predicted molar refractivity (Wildman–Crippen MR) is 276 cm³/mol. The zero-order chi connectivity index (χ0) is 42.3. The number of thiophene rings is 2. The highest BCUT2D eigenvalue weighted by atomic mass is 32.1. The van der Waals surface area contributed by atoms with Crippen LogP contribution in [-0.2, 0) is 6.42 Å². The average molecular weight is 852 g/mol. The molecule has 0 saturated heterocycles. The molecule has 4 heterocycles. The molecule has 12 aromatic rings. The van der Waals surface area contributed by atoms with Crippen molar-refractivity contribution in [2.24, 2.45) is 0 Å². The molecule has 0 N–H and O–H groups in total. The van der Waals surface area contributed by atoms with E-state index in [2.05, 4.69) is 199 Å². The normalized spacial score (nSPS) is 14.1. The van der Waals surface area contributed by atoms with Crippen LogP contribution in [0.3, 0.4) is 0 Å². The summed E-state index contributed by atoms with van der Waals surface area (Å²) in [5.74, 6) is 0.716. The number of fused-ring (bicyclic) bond motifs is 14. The summed E-state index contributed by atoms with van der Waals surface area (Å²) in [6, 6.07) is 59.8. The Morgan fingerprint density at radius 1 is 0.484 bits per heavy atom. The minimum atomic E-state index is 0.676. The number of para-hydroxylation sites is 1. The summed E-state index contributed by atoms with van der Waals surface area (Å²) in [5, 5.41) is 10.2. The fourth-order valence-corrected chi connectivity index (χ4v) is 12.1. The molecule has 300 valence electrons. The lowest BCUT2D eigenvalue weighted by atomic mass is 9.97. The van der Waals surface area contributed by atoms with Gasteiger partial charge in [0.1, 0.15) is 0 Å². The van der Waals surface area contributed by atoms with Crippen LogP contribution >= 0.6 is 22.7 Å². The van der Waals surface area contributed by atoms with Crippen molar-refractivity contribution < 1.29 is 0 Å². The van der Waals surface area contributed by atoms with Crippen LogP contribution in [0.1, 0.15) is 11.3 Å². The van der Waals surface area contributed by atoms with Crippen molar-refractivity contribution in [3.8, 4) is 39.5 Å². The van der Waals surface area contributed by atoms with Gasteiger partial charge in [0.15, 0.2) is 5.82 Å². The maximum atomic E-state index is 5.42. The lowest BCUT2D eigenvalue weighted by molar-refractivity contribution is 1.05. The topological polar surface area (TPSA) is 30.7 Å². The molecule has 5 heteroatoms. The fraction of sp³-hybridized carbons (Fsp3) is 0.0169. The van der Waals surface area contributed by atoms with Crippen molar-refractivity contribution in [2.45, 2.75) is 6.42 Å². The van der Waals surface area contributed by atoms with Gasteiger partial charge in [0.2, 0.25) is 0 Å². The van der Waals surface area contributed by atoms with Gasteiger partial charge in [-0.3, -0.25) is 0 Å². The minimum absolute atomic E-state index is 0.676. The number of allylic oxidation sites excluding steroid dienone is 6. The van der Waals surface area contributed by atoms with E-state index in [4.69, 9.17) is 9.97 Å². The monoisotopic (exact) mass is 851 g/mol. The van der Waals surface area contributed by atoms with Gasteiger partial charge in [0, 0.05) is 75.2 Å². The summed E-state index contributed by atoms with van der Waals surface area (Å²) in [6.07, 6.45) is 13.2. The van der Waals surface area contributed by atoms with Gasteiger partial charge >= 0.3 is 0 Å². The second-order valence-corrected chi connectivity index (χ2v) is 18.7. The average Bonchev–Trinajstić information content (AvgIpc) is 4.03. The molecule has 4 aromatic heterocycles. The van der Waals surface area contributed by atoms with E-state index in [9.17, 15) is 0 Å². The van der Waals surface area contributed by atoms with Crippen LogP contribution in [0.4, 0.5) is 0 Å². The maximum absolute atomic E-state index is 5.42. The zero-order valence-corrected chi connectivity index (χ0v) is 36.3. The highest BCUT2D eigenvalue weighted by Crippen LogP contribution is 2.48. The van der Waals surface area contributed by atoms with E-state index < -0.39 is 0 Å². The largest absolute Gasteiger partial charge is 0.308 e. The first-order valence-electron chi connectivity index (χ1n) is 21.6. The molecule has 1 aliphatic carbocycles. The Bertz CT molecular complexity index is 3990. The zero-order valence-electron chi connectivity index (χ0n) is 34.6. The van der Waals surface area contributed by atoms with E-state index in [0.717, 1.165) is 39.3 Å². The summed E-state index contributed by atoms with van der Waals surface area (Å²) in [6.45, 7) is 4.26. The maximum Gasteiger partial charge on any atom is 0.160 e. The Hall–Kier alpha value is -7.70. The number of nitrogens with zero attached hydrogens (tertiary/aromatic N) is 3. The number of hydrogen-bond acceptors (Lipinski definition) is 4. The highest BCUT2D eigenvalue weighted by Gasteiger charge is 2.23. The van der Waals surface area contributed by atoms with Crippen molar-refractivity contribution in [3.05, 3.63) is 218 Å². The Balaban J connectivity index is 1.01. The molecule has 0 aliphatic heterocycles. The van der Waals surface area contributed by atoms with Crippen LogP contribution in [0.5, 0.6) is 0 Å². The first kappa shape index (κ1) is 36.9. The van der Waals surface area contributed by atoms with Gasteiger partial charge < -0.3 is 4.57 Å². The smallest absolute Gasteiger partial charge is 0.160 e. The van der Waals surface area contributed by atoms with Gasteiger partial charge in [-0.15, -0.1) is 22.7 Å². The van der Waals surface area contributed by atoms with Crippen LogP contribution < -0.4 is 0 Å². The molecular weight excluding hydrogens is 815 g/mol. The van der Waals surface area contributed by atoms with Crippen LogP contribution in [-0.4, -0.2) is 14.5 Å². The second-order valence-electron chi connectivity index (χ2n) is 16.5. The highest BCUT2D eigenvalue weighted by molar-refractivity contribution is 7.27. The van der Waals surface area contributed by atoms with Gasteiger partial charge in [-0.2, -0.15) is 0 Å². The summed E-state index contributed by atoms with van der Waals surface area (Å²) >= 11 is 3.74. The van der Waals surface area contributed by atoms with E-state index in [1.807, 2.05) is 34.8 Å². The molecule has 0 spiro atoms. The van der Waals surface area contributed by atoms with E-state index in [-0.39, 0.29) is 0 Å². The summed E-state index contributed by atoms with van der Waals surface area (Å²) in [7, 11) is 0. The molecule has 64 heavy (non-hydrogen) atoms. The molecule has 0 amide bonds. The number of benzene rings is 8. The van der Waals surface area contributed by atoms with Crippen molar-refractivity contribution in [3.63, 3.8) is 0 Å². The quantitative estimate of drug-likeness (QED) is 0.177. The third kappa shape index (κ3) is 5.86. The minimum Gasteiger partial charge on any atom is -0.308 e. The third-order valence-electron chi connectivity index (χ3n) is 12.7. The molecule has 13 rings (SSSR count). The SMILES string of the molecule is C=C1C=Cc2c(nc(-c3ccc4sc5ccc(-n6c7ccccc7c7c8ccccc8c8c9ccccc9sc8c76)cc5c4c3)nc2-c2ccc(-c3ccccc3)cc2)C/C=C\C=C/1. The van der Waals surface area contributed by atoms with Gasteiger partial charge in [-0.1, -0.05) is 158 Å². The predicted octanol–water partition coefficient (Wildman–Crippen LogP) is 16.7. The molecule has 1 aliphatic rings. The van der Waals surface area contributed by atoms with E-state index >= 15 is 0 Å². The first-order valence-corrected chi connectivity index (χ1v) is 23.3. The fourth-order valence-electron chi connectivity index (χ4n) is 9.77. The summed E-state index contributed by atoms with van der Waals surface area (Å²) in [5.41, 5.74) is 11.8. The molecule has 0 unspecified atom stereocenters. The molecule has 0 atom stereocenters. The van der Waals surface area contributed by atoms with Crippen LogP contribution in [0.2, 0.25) is 0 Å². The van der Waals surface area contributed by atoms with Crippen LogP contribution in [0.25, 0.3) is 118 Å². The van der Waals surface area contributed by atoms with Crippen molar-refractivity contribution >= 4 is 102 Å². The molecule has 8 aromatic carbocycles. The Kier molecular flexibility index (Phi) is 8.48. The number of hydrogen-bond donors (Lipinski definition) is 0. The summed E-state index contributed by atoms with van der Waals surface area (Å²) < 4.78 is 7.64. The molecule has 0 fully saturated rings.